The first-order chi connectivity index (χ1) is 7.08. The third-order valence-corrected chi connectivity index (χ3v) is 2.15. The van der Waals surface area contributed by atoms with Crippen LogP contribution in [-0.4, -0.2) is 5.78 Å². The Kier molecular flexibility index (Phi) is 4.22. The van der Waals surface area contributed by atoms with Gasteiger partial charge in [0.25, 0.3) is 0 Å². The highest BCUT2D eigenvalue weighted by atomic mass is 19.1. The predicted octanol–water partition coefficient (Wildman–Crippen LogP) is 3.29. The SMILES string of the molecule is C=C(C)CCC(=O)Cc1ccc(F)cc1. The summed E-state index contributed by atoms with van der Waals surface area (Å²) in [5.41, 5.74) is 1.88. The zero-order chi connectivity index (χ0) is 11.3. The normalized spacial score (nSPS) is 10.0. The van der Waals surface area contributed by atoms with Gasteiger partial charge in [0.1, 0.15) is 11.6 Å². The van der Waals surface area contributed by atoms with Gasteiger partial charge in [0, 0.05) is 12.8 Å². The highest BCUT2D eigenvalue weighted by Gasteiger charge is 2.03. The van der Waals surface area contributed by atoms with Crippen molar-refractivity contribution in [3.63, 3.8) is 0 Å². The van der Waals surface area contributed by atoms with Crippen LogP contribution < -0.4 is 0 Å². The second kappa shape index (κ2) is 5.44. The van der Waals surface area contributed by atoms with E-state index in [0.717, 1.165) is 17.6 Å². The second-order valence-corrected chi connectivity index (χ2v) is 3.80. The van der Waals surface area contributed by atoms with E-state index in [2.05, 4.69) is 6.58 Å². The Balaban J connectivity index is 2.44. The van der Waals surface area contributed by atoms with E-state index < -0.39 is 0 Å². The maximum Gasteiger partial charge on any atom is 0.137 e. The highest BCUT2D eigenvalue weighted by molar-refractivity contribution is 5.81. The van der Waals surface area contributed by atoms with Crippen molar-refractivity contribution in [3.8, 4) is 0 Å². The molecule has 0 aromatic heterocycles. The van der Waals surface area contributed by atoms with Crippen molar-refractivity contribution in [1.82, 2.24) is 0 Å². The van der Waals surface area contributed by atoms with Crippen molar-refractivity contribution < 1.29 is 9.18 Å². The molecule has 0 atom stereocenters. The summed E-state index contributed by atoms with van der Waals surface area (Å²) in [7, 11) is 0. The van der Waals surface area contributed by atoms with E-state index in [0.29, 0.717) is 12.8 Å². The van der Waals surface area contributed by atoms with Crippen molar-refractivity contribution in [1.29, 1.82) is 0 Å². The molecular formula is C13H15FO. The third kappa shape index (κ3) is 4.54. The maximum absolute atomic E-state index is 12.6. The number of hydrogen-bond acceptors (Lipinski definition) is 1. The van der Waals surface area contributed by atoms with Gasteiger partial charge in [-0.3, -0.25) is 4.79 Å². The Labute approximate surface area is 89.6 Å². The average molecular weight is 206 g/mol. The summed E-state index contributed by atoms with van der Waals surface area (Å²) >= 11 is 0. The van der Waals surface area contributed by atoms with Crippen LogP contribution in [0.5, 0.6) is 0 Å². The Morgan fingerprint density at radius 3 is 2.40 bits per heavy atom. The Hall–Kier alpha value is -1.44. The van der Waals surface area contributed by atoms with Gasteiger partial charge in [-0.15, -0.1) is 6.58 Å². The summed E-state index contributed by atoms with van der Waals surface area (Å²) in [5.74, 6) is -0.0993. The number of hydrogen-bond donors (Lipinski definition) is 0. The minimum absolute atomic E-state index is 0.171. The first kappa shape index (κ1) is 11.6. The molecule has 0 aliphatic heterocycles. The first-order valence-electron chi connectivity index (χ1n) is 4.98. The molecule has 0 N–H and O–H groups in total. The van der Waals surface area contributed by atoms with E-state index in [1.165, 1.54) is 12.1 Å². The lowest BCUT2D eigenvalue weighted by atomic mass is 10.0. The monoisotopic (exact) mass is 206 g/mol. The summed E-state index contributed by atoms with van der Waals surface area (Å²) in [6, 6.07) is 6.05. The molecule has 1 rings (SSSR count). The molecular weight excluding hydrogens is 191 g/mol. The predicted molar refractivity (Wildman–Crippen MR) is 59.2 cm³/mol. The molecule has 0 heterocycles. The molecule has 0 unspecified atom stereocenters. The fourth-order valence-corrected chi connectivity index (χ4v) is 1.27. The van der Waals surface area contributed by atoms with Crippen molar-refractivity contribution in [3.05, 3.63) is 47.8 Å². The third-order valence-electron chi connectivity index (χ3n) is 2.15. The van der Waals surface area contributed by atoms with Gasteiger partial charge in [0.05, 0.1) is 0 Å². The van der Waals surface area contributed by atoms with Crippen molar-refractivity contribution in [2.45, 2.75) is 26.2 Å². The van der Waals surface area contributed by atoms with Gasteiger partial charge in [-0.05, 0) is 31.0 Å². The van der Waals surface area contributed by atoms with E-state index in [4.69, 9.17) is 0 Å². The molecule has 0 bridgehead atoms. The van der Waals surface area contributed by atoms with Crippen molar-refractivity contribution >= 4 is 5.78 Å². The molecule has 0 radical (unpaired) electrons. The molecule has 80 valence electrons. The van der Waals surface area contributed by atoms with Crippen LogP contribution in [0.4, 0.5) is 4.39 Å². The van der Waals surface area contributed by atoms with Crippen molar-refractivity contribution in [2.24, 2.45) is 0 Å². The molecule has 0 amide bonds. The molecule has 0 fully saturated rings. The van der Waals surface area contributed by atoms with Crippen LogP contribution >= 0.6 is 0 Å². The lowest BCUT2D eigenvalue weighted by molar-refractivity contribution is -0.118. The molecule has 1 aromatic carbocycles. The molecule has 0 aliphatic carbocycles. The summed E-state index contributed by atoms with van der Waals surface area (Å²) < 4.78 is 12.6. The molecule has 0 saturated heterocycles. The number of carbonyl (C=O) groups excluding carboxylic acids is 1. The van der Waals surface area contributed by atoms with Gasteiger partial charge in [0.2, 0.25) is 0 Å². The van der Waals surface area contributed by atoms with Crippen molar-refractivity contribution in [2.75, 3.05) is 0 Å². The van der Waals surface area contributed by atoms with Gasteiger partial charge >= 0.3 is 0 Å². The van der Waals surface area contributed by atoms with Crippen LogP contribution in [0.3, 0.4) is 0 Å². The molecule has 0 spiro atoms. The van der Waals surface area contributed by atoms with E-state index in [-0.39, 0.29) is 11.6 Å². The summed E-state index contributed by atoms with van der Waals surface area (Å²) in [6.07, 6.45) is 1.64. The quantitative estimate of drug-likeness (QED) is 0.675. The van der Waals surface area contributed by atoms with Crippen LogP contribution in [-0.2, 0) is 11.2 Å². The Bertz CT molecular complexity index is 351. The maximum atomic E-state index is 12.6. The van der Waals surface area contributed by atoms with E-state index >= 15 is 0 Å². The van der Waals surface area contributed by atoms with Gasteiger partial charge in [-0.25, -0.2) is 4.39 Å². The molecule has 15 heavy (non-hydrogen) atoms. The Morgan fingerprint density at radius 1 is 1.27 bits per heavy atom. The van der Waals surface area contributed by atoms with E-state index in [9.17, 15) is 9.18 Å². The number of carbonyl (C=O) groups is 1. The molecule has 1 nitrogen and oxygen atoms in total. The van der Waals surface area contributed by atoms with Crippen LogP contribution in [0.2, 0.25) is 0 Å². The van der Waals surface area contributed by atoms with Crippen LogP contribution in [0.1, 0.15) is 25.3 Å². The number of Topliss-reactive ketones (excluding diaryl/α,β-unsaturated/α-hetero) is 1. The smallest absolute Gasteiger partial charge is 0.137 e. The number of ketones is 1. The second-order valence-electron chi connectivity index (χ2n) is 3.80. The van der Waals surface area contributed by atoms with Crippen LogP contribution in [0.15, 0.2) is 36.4 Å². The number of halogens is 1. The molecule has 1 aromatic rings. The summed E-state index contributed by atoms with van der Waals surface area (Å²) in [5, 5.41) is 0. The van der Waals surface area contributed by atoms with Gasteiger partial charge < -0.3 is 0 Å². The minimum Gasteiger partial charge on any atom is -0.299 e. The van der Waals surface area contributed by atoms with Gasteiger partial charge in [0.15, 0.2) is 0 Å². The number of allylic oxidation sites excluding steroid dienone is 1. The van der Waals surface area contributed by atoms with E-state index in [1.54, 1.807) is 12.1 Å². The zero-order valence-electron chi connectivity index (χ0n) is 8.92. The summed E-state index contributed by atoms with van der Waals surface area (Å²) in [4.78, 5) is 11.5. The fourth-order valence-electron chi connectivity index (χ4n) is 1.27. The Morgan fingerprint density at radius 2 is 1.87 bits per heavy atom. The van der Waals surface area contributed by atoms with Gasteiger partial charge in [-0.2, -0.15) is 0 Å². The lowest BCUT2D eigenvalue weighted by Crippen LogP contribution is -2.02. The first-order valence-corrected chi connectivity index (χ1v) is 4.98. The highest BCUT2D eigenvalue weighted by Crippen LogP contribution is 2.07. The fraction of sp³-hybridized carbons (Fsp3) is 0.308. The van der Waals surface area contributed by atoms with Gasteiger partial charge in [-0.1, -0.05) is 17.7 Å². The molecule has 0 aliphatic rings. The molecule has 2 heteroatoms. The minimum atomic E-state index is -0.270. The average Bonchev–Trinajstić information content (AvgIpc) is 2.19. The zero-order valence-corrected chi connectivity index (χ0v) is 8.92. The molecule has 0 saturated carbocycles. The number of rotatable bonds is 5. The standard InChI is InChI=1S/C13H15FO/c1-10(2)3-8-13(15)9-11-4-6-12(14)7-5-11/h4-7H,1,3,8-9H2,2H3. The van der Waals surface area contributed by atoms with Crippen LogP contribution in [0.25, 0.3) is 0 Å². The summed E-state index contributed by atoms with van der Waals surface area (Å²) in [6.45, 7) is 5.65. The largest absolute Gasteiger partial charge is 0.299 e. The number of benzene rings is 1. The van der Waals surface area contributed by atoms with Crippen LogP contribution in [0, 0.1) is 5.82 Å². The topological polar surface area (TPSA) is 17.1 Å². The lowest BCUT2D eigenvalue weighted by Gasteiger charge is -2.01. The van der Waals surface area contributed by atoms with E-state index in [1.807, 2.05) is 6.92 Å².